The monoisotopic (exact) mass is 250 g/mol. The van der Waals surface area contributed by atoms with Crippen LogP contribution in [0.25, 0.3) is 0 Å². The van der Waals surface area contributed by atoms with Gasteiger partial charge < -0.3 is 9.47 Å². The summed E-state index contributed by atoms with van der Waals surface area (Å²) in [5.41, 5.74) is 0. The molecule has 2 heterocycles. The summed E-state index contributed by atoms with van der Waals surface area (Å²) < 4.78 is 8.45. The van der Waals surface area contributed by atoms with Crippen LogP contribution in [0.1, 0.15) is 12.8 Å². The molecule has 2 aliphatic heterocycles. The van der Waals surface area contributed by atoms with E-state index in [1.54, 1.807) is 6.08 Å². The van der Waals surface area contributed by atoms with Crippen LogP contribution in [-0.2, 0) is 28.7 Å². The quantitative estimate of drug-likeness (QED) is 0.348. The number of fused-ring (bicyclic) bond motifs is 1. The van der Waals surface area contributed by atoms with Gasteiger partial charge in [-0.1, -0.05) is 12.2 Å². The highest BCUT2D eigenvalue weighted by molar-refractivity contribution is 6.04. The molecule has 94 valence electrons. The average Bonchev–Trinajstić information content (AvgIpc) is 2.85. The van der Waals surface area contributed by atoms with Gasteiger partial charge in [-0.2, -0.15) is 0 Å². The second-order valence-corrected chi connectivity index (χ2v) is 3.95. The van der Waals surface area contributed by atoms with E-state index in [1.807, 2.05) is 6.08 Å². The van der Waals surface area contributed by atoms with Crippen molar-refractivity contribution in [1.82, 2.24) is 0 Å². The third-order valence-corrected chi connectivity index (χ3v) is 2.75. The van der Waals surface area contributed by atoms with Crippen LogP contribution in [0.2, 0.25) is 0 Å². The number of carbonyl (C=O) groups is 4. The minimum Gasteiger partial charge on any atom is -0.392 e. The largest absolute Gasteiger partial charge is 0.392 e. The van der Waals surface area contributed by atoms with Crippen LogP contribution in [0, 0.1) is 11.8 Å². The van der Waals surface area contributed by atoms with Gasteiger partial charge in [-0.3, -0.25) is 9.59 Å². The summed E-state index contributed by atoms with van der Waals surface area (Å²) in [5.74, 6) is -2.35. The maximum atomic E-state index is 10.9. The molecule has 0 radical (unpaired) electrons. The van der Waals surface area contributed by atoms with Gasteiger partial charge in [0, 0.05) is 12.2 Å². The molecular weight excluding hydrogens is 240 g/mol. The molecule has 0 saturated carbocycles. The molecule has 0 aromatic heterocycles. The molecule has 6 nitrogen and oxygen atoms in total. The molecule has 3 aliphatic rings. The third-order valence-electron chi connectivity index (χ3n) is 2.75. The summed E-state index contributed by atoms with van der Waals surface area (Å²) in [5, 5.41) is 0. The van der Waals surface area contributed by atoms with Crippen molar-refractivity contribution in [3.63, 3.8) is 0 Å². The van der Waals surface area contributed by atoms with Crippen molar-refractivity contribution >= 4 is 23.9 Å². The molecule has 3 rings (SSSR count). The Balaban J connectivity index is 0.000000149. The van der Waals surface area contributed by atoms with E-state index in [-0.39, 0.29) is 23.8 Å². The Bertz CT molecular complexity index is 457. The maximum absolute atomic E-state index is 10.9. The van der Waals surface area contributed by atoms with E-state index in [9.17, 15) is 19.2 Å². The predicted octanol–water partition coefficient (Wildman–Crippen LogP) is 0.278. The van der Waals surface area contributed by atoms with Gasteiger partial charge in [-0.05, 0) is 12.8 Å². The van der Waals surface area contributed by atoms with E-state index in [0.29, 0.717) is 0 Å². The SMILES string of the molecule is O=C1C=CC(=O)O1.O=C1OC(=O)C2CCC=CC12. The highest BCUT2D eigenvalue weighted by atomic mass is 16.6. The summed E-state index contributed by atoms with van der Waals surface area (Å²) in [6.45, 7) is 0. The predicted molar refractivity (Wildman–Crippen MR) is 56.7 cm³/mol. The van der Waals surface area contributed by atoms with Crippen molar-refractivity contribution in [2.75, 3.05) is 0 Å². The van der Waals surface area contributed by atoms with Crippen LogP contribution in [0.4, 0.5) is 0 Å². The van der Waals surface area contributed by atoms with Crippen molar-refractivity contribution in [3.8, 4) is 0 Å². The van der Waals surface area contributed by atoms with Crippen molar-refractivity contribution in [3.05, 3.63) is 24.3 Å². The Morgan fingerprint density at radius 3 is 2.11 bits per heavy atom. The highest BCUT2D eigenvalue weighted by Gasteiger charge is 2.43. The molecule has 0 aromatic carbocycles. The Morgan fingerprint density at radius 1 is 0.944 bits per heavy atom. The number of cyclic esters (lactones) is 4. The van der Waals surface area contributed by atoms with Crippen LogP contribution in [0.3, 0.4) is 0 Å². The second-order valence-electron chi connectivity index (χ2n) is 3.95. The fourth-order valence-corrected chi connectivity index (χ4v) is 1.89. The lowest BCUT2D eigenvalue weighted by molar-refractivity contribution is -0.154. The van der Waals surface area contributed by atoms with Gasteiger partial charge in [0.15, 0.2) is 0 Å². The normalized spacial score (nSPS) is 28.4. The average molecular weight is 250 g/mol. The first kappa shape index (κ1) is 12.2. The second kappa shape index (κ2) is 4.95. The van der Waals surface area contributed by atoms with Gasteiger partial charge in [0.05, 0.1) is 11.8 Å². The summed E-state index contributed by atoms with van der Waals surface area (Å²) in [6, 6.07) is 0. The van der Waals surface area contributed by atoms with Gasteiger partial charge >= 0.3 is 23.9 Å². The molecule has 1 fully saturated rings. The third kappa shape index (κ3) is 2.53. The molecule has 18 heavy (non-hydrogen) atoms. The molecule has 0 bridgehead atoms. The molecule has 6 heteroatoms. The zero-order valence-electron chi connectivity index (χ0n) is 9.33. The van der Waals surface area contributed by atoms with E-state index in [2.05, 4.69) is 9.47 Å². The van der Waals surface area contributed by atoms with Crippen LogP contribution in [-0.4, -0.2) is 23.9 Å². The molecule has 2 atom stereocenters. The smallest absolute Gasteiger partial charge is 0.338 e. The maximum Gasteiger partial charge on any atom is 0.338 e. The zero-order chi connectivity index (χ0) is 13.1. The number of hydrogen-bond acceptors (Lipinski definition) is 6. The molecule has 2 unspecified atom stereocenters. The summed E-state index contributed by atoms with van der Waals surface area (Å²) in [4.78, 5) is 41.7. The number of carbonyl (C=O) groups excluding carboxylic acids is 4. The standard InChI is InChI=1S/C8H8O3.C4H2O3/c9-7-5-3-1-2-4-6(5)8(10)11-7;5-3-1-2-4(6)7-3/h1,3,5-6H,2,4H2;1-2H. The molecule has 0 aromatic rings. The van der Waals surface area contributed by atoms with Crippen molar-refractivity contribution in [1.29, 1.82) is 0 Å². The lowest BCUT2D eigenvalue weighted by atomic mass is 9.86. The van der Waals surface area contributed by atoms with Crippen LogP contribution < -0.4 is 0 Å². The summed E-state index contributed by atoms with van der Waals surface area (Å²) >= 11 is 0. The first-order valence-electron chi connectivity index (χ1n) is 5.44. The van der Waals surface area contributed by atoms with Crippen molar-refractivity contribution in [2.24, 2.45) is 11.8 Å². The van der Waals surface area contributed by atoms with E-state index >= 15 is 0 Å². The summed E-state index contributed by atoms with van der Waals surface area (Å²) in [6.07, 6.45) is 7.52. The van der Waals surface area contributed by atoms with Gasteiger partial charge in [0.25, 0.3) is 0 Å². The highest BCUT2D eigenvalue weighted by Crippen LogP contribution is 2.32. The van der Waals surface area contributed by atoms with E-state index in [4.69, 9.17) is 0 Å². The Hall–Kier alpha value is -2.24. The van der Waals surface area contributed by atoms with E-state index < -0.39 is 11.9 Å². The summed E-state index contributed by atoms with van der Waals surface area (Å²) in [7, 11) is 0. The van der Waals surface area contributed by atoms with Gasteiger partial charge in [0.1, 0.15) is 0 Å². The zero-order valence-corrected chi connectivity index (χ0v) is 9.33. The van der Waals surface area contributed by atoms with E-state index in [1.165, 1.54) is 0 Å². The minimum absolute atomic E-state index is 0.188. The molecule has 1 saturated heterocycles. The number of hydrogen-bond donors (Lipinski definition) is 0. The fraction of sp³-hybridized carbons (Fsp3) is 0.333. The lowest BCUT2D eigenvalue weighted by Gasteiger charge is -2.12. The van der Waals surface area contributed by atoms with Gasteiger partial charge in [0.2, 0.25) is 0 Å². The topological polar surface area (TPSA) is 86.7 Å². The number of ether oxygens (including phenoxy) is 2. The number of allylic oxidation sites excluding steroid dienone is 1. The van der Waals surface area contributed by atoms with Crippen molar-refractivity contribution < 1.29 is 28.7 Å². The van der Waals surface area contributed by atoms with Crippen LogP contribution >= 0.6 is 0 Å². The lowest BCUT2D eigenvalue weighted by Crippen LogP contribution is -2.17. The van der Waals surface area contributed by atoms with Gasteiger partial charge in [-0.15, -0.1) is 0 Å². The molecule has 0 amide bonds. The minimum atomic E-state index is -0.579. The Morgan fingerprint density at radius 2 is 1.61 bits per heavy atom. The number of rotatable bonds is 0. The molecule has 0 N–H and O–H groups in total. The van der Waals surface area contributed by atoms with E-state index in [0.717, 1.165) is 25.0 Å². The Labute approximate surface area is 102 Å². The first-order valence-corrected chi connectivity index (χ1v) is 5.44. The fourth-order valence-electron chi connectivity index (χ4n) is 1.89. The van der Waals surface area contributed by atoms with Crippen molar-refractivity contribution in [2.45, 2.75) is 12.8 Å². The number of esters is 4. The molecule has 0 spiro atoms. The van der Waals surface area contributed by atoms with Crippen LogP contribution in [0.15, 0.2) is 24.3 Å². The Kier molecular flexibility index (Phi) is 3.36. The molecular formula is C12H10O6. The van der Waals surface area contributed by atoms with Crippen LogP contribution in [0.5, 0.6) is 0 Å². The van der Waals surface area contributed by atoms with Gasteiger partial charge in [-0.25, -0.2) is 9.59 Å². The first-order chi connectivity index (χ1) is 8.58. The molecule has 1 aliphatic carbocycles.